The van der Waals surface area contributed by atoms with Crippen LogP contribution in [0.4, 0.5) is 0 Å². The van der Waals surface area contributed by atoms with Gasteiger partial charge in [0.05, 0.1) is 0 Å². The van der Waals surface area contributed by atoms with Gasteiger partial charge in [-0.25, -0.2) is 0 Å². The number of rotatable bonds is 2. The van der Waals surface area contributed by atoms with E-state index < -0.39 is 5.60 Å². The molecule has 0 bridgehead atoms. The van der Waals surface area contributed by atoms with Crippen LogP contribution in [0.5, 0.6) is 0 Å². The summed E-state index contributed by atoms with van der Waals surface area (Å²) in [5.74, 6) is 0.0405. The molecule has 0 aromatic rings. The van der Waals surface area contributed by atoms with E-state index in [0.29, 0.717) is 17.6 Å². The van der Waals surface area contributed by atoms with Gasteiger partial charge in [-0.05, 0) is 50.0 Å². The topological polar surface area (TPSA) is 37.3 Å². The van der Waals surface area contributed by atoms with Crippen LogP contribution in [0.25, 0.3) is 0 Å². The molecule has 1 aliphatic rings. The monoisotopic (exact) mass is 206 g/mol. The molecule has 0 radical (unpaired) electrons. The molecule has 0 saturated carbocycles. The molecule has 1 N–H and O–H groups in total. The maximum atomic E-state index is 11.8. The first-order valence-electron chi connectivity index (χ1n) is 5.10. The van der Waals surface area contributed by atoms with Gasteiger partial charge in [-0.15, -0.1) is 6.58 Å². The summed E-state index contributed by atoms with van der Waals surface area (Å²) in [6, 6.07) is 0. The van der Waals surface area contributed by atoms with Gasteiger partial charge in [0.2, 0.25) is 0 Å². The van der Waals surface area contributed by atoms with Gasteiger partial charge >= 0.3 is 0 Å². The Morgan fingerprint density at radius 2 is 1.60 bits per heavy atom. The molecule has 2 heteroatoms. The molecule has 2 nitrogen and oxygen atoms in total. The SMILES string of the molecule is C=CCC1(O)C(C)=C(C)C(=O)C(C)=C1C. The van der Waals surface area contributed by atoms with Crippen LogP contribution in [0.2, 0.25) is 0 Å². The van der Waals surface area contributed by atoms with Gasteiger partial charge in [-0.3, -0.25) is 4.79 Å². The molecule has 0 unspecified atom stereocenters. The largest absolute Gasteiger partial charge is 0.381 e. The number of carbonyl (C=O) groups excluding carboxylic acids is 1. The number of ketones is 1. The zero-order valence-corrected chi connectivity index (χ0v) is 9.85. The fourth-order valence-corrected chi connectivity index (χ4v) is 2.04. The van der Waals surface area contributed by atoms with E-state index in [1.165, 1.54) is 0 Å². The van der Waals surface area contributed by atoms with Crippen molar-refractivity contribution in [3.05, 3.63) is 34.9 Å². The fourth-order valence-electron chi connectivity index (χ4n) is 2.04. The Morgan fingerprint density at radius 3 is 1.93 bits per heavy atom. The minimum absolute atomic E-state index is 0.0405. The molecule has 1 aliphatic carbocycles. The van der Waals surface area contributed by atoms with Crippen LogP contribution < -0.4 is 0 Å². The van der Waals surface area contributed by atoms with Gasteiger partial charge in [0.15, 0.2) is 5.78 Å². The van der Waals surface area contributed by atoms with Crippen molar-refractivity contribution in [2.45, 2.75) is 39.7 Å². The van der Waals surface area contributed by atoms with Crippen LogP contribution in [0, 0.1) is 0 Å². The van der Waals surface area contributed by atoms with Crippen molar-refractivity contribution in [2.24, 2.45) is 0 Å². The van der Waals surface area contributed by atoms with E-state index in [9.17, 15) is 9.90 Å². The highest BCUT2D eigenvalue weighted by atomic mass is 16.3. The summed E-state index contributed by atoms with van der Waals surface area (Å²) >= 11 is 0. The number of hydrogen-bond acceptors (Lipinski definition) is 2. The molecule has 15 heavy (non-hydrogen) atoms. The maximum Gasteiger partial charge on any atom is 0.184 e. The third-order valence-corrected chi connectivity index (χ3v) is 3.49. The molecular formula is C13H18O2. The fraction of sp³-hybridized carbons (Fsp3) is 0.462. The lowest BCUT2D eigenvalue weighted by Gasteiger charge is -2.35. The first kappa shape index (κ1) is 11.9. The first-order chi connectivity index (χ1) is 6.86. The van der Waals surface area contributed by atoms with Crippen LogP contribution in [0.15, 0.2) is 34.9 Å². The maximum absolute atomic E-state index is 11.8. The second-order valence-corrected chi connectivity index (χ2v) is 4.18. The van der Waals surface area contributed by atoms with E-state index in [0.717, 1.165) is 11.1 Å². The lowest BCUT2D eigenvalue weighted by atomic mass is 9.74. The van der Waals surface area contributed by atoms with Gasteiger partial charge < -0.3 is 5.11 Å². The van der Waals surface area contributed by atoms with Gasteiger partial charge in [-0.2, -0.15) is 0 Å². The highest BCUT2D eigenvalue weighted by Gasteiger charge is 2.38. The van der Waals surface area contributed by atoms with Crippen LogP contribution in [-0.2, 0) is 4.79 Å². The third-order valence-electron chi connectivity index (χ3n) is 3.49. The van der Waals surface area contributed by atoms with Gasteiger partial charge in [-0.1, -0.05) is 6.08 Å². The Kier molecular flexibility index (Phi) is 3.00. The van der Waals surface area contributed by atoms with E-state index in [1.807, 2.05) is 13.8 Å². The minimum atomic E-state index is -1.01. The van der Waals surface area contributed by atoms with Gasteiger partial charge in [0.1, 0.15) is 5.60 Å². The van der Waals surface area contributed by atoms with Crippen molar-refractivity contribution in [3.63, 3.8) is 0 Å². The number of hydrogen-bond donors (Lipinski definition) is 1. The Hall–Kier alpha value is -1.15. The summed E-state index contributed by atoms with van der Waals surface area (Å²) < 4.78 is 0. The van der Waals surface area contributed by atoms with Gasteiger partial charge in [0, 0.05) is 6.42 Å². The first-order valence-corrected chi connectivity index (χ1v) is 5.10. The second-order valence-electron chi connectivity index (χ2n) is 4.18. The summed E-state index contributed by atoms with van der Waals surface area (Å²) in [5, 5.41) is 10.5. The molecule has 0 amide bonds. The summed E-state index contributed by atoms with van der Waals surface area (Å²) in [7, 11) is 0. The number of carbonyl (C=O) groups is 1. The third kappa shape index (κ3) is 1.59. The molecular weight excluding hydrogens is 188 g/mol. The number of Topliss-reactive ketones (excluding diaryl/α,β-unsaturated/α-hetero) is 1. The molecule has 0 saturated heterocycles. The Bertz CT molecular complexity index is 355. The lowest BCUT2D eigenvalue weighted by molar-refractivity contribution is -0.112. The molecule has 0 aliphatic heterocycles. The highest BCUT2D eigenvalue weighted by Crippen LogP contribution is 2.38. The standard InChI is InChI=1S/C13H18O2/c1-6-7-13(15)10(4)8(2)12(14)9(3)11(13)5/h6,15H,1,7H2,2-5H3. The zero-order chi connectivity index (χ0) is 11.8. The zero-order valence-electron chi connectivity index (χ0n) is 9.85. The van der Waals surface area contributed by atoms with Crippen LogP contribution in [0.1, 0.15) is 34.1 Å². The van der Waals surface area contributed by atoms with Crippen LogP contribution in [0.3, 0.4) is 0 Å². The molecule has 0 fully saturated rings. The van der Waals surface area contributed by atoms with Crippen LogP contribution in [-0.4, -0.2) is 16.5 Å². The Morgan fingerprint density at radius 1 is 1.20 bits per heavy atom. The predicted molar refractivity (Wildman–Crippen MR) is 61.5 cm³/mol. The minimum Gasteiger partial charge on any atom is -0.381 e. The average Bonchev–Trinajstić information content (AvgIpc) is 2.22. The number of aliphatic hydroxyl groups is 1. The smallest absolute Gasteiger partial charge is 0.184 e. The summed E-state index contributed by atoms with van der Waals surface area (Å²) in [4.78, 5) is 11.8. The molecule has 0 heterocycles. The Labute approximate surface area is 91.0 Å². The normalized spacial score (nSPS) is 21.0. The molecule has 82 valence electrons. The van der Waals surface area contributed by atoms with Crippen molar-refractivity contribution in [3.8, 4) is 0 Å². The van der Waals surface area contributed by atoms with Crippen molar-refractivity contribution in [2.75, 3.05) is 0 Å². The molecule has 0 spiro atoms. The summed E-state index contributed by atoms with van der Waals surface area (Å²) in [6.07, 6.45) is 2.13. The molecule has 1 rings (SSSR count). The van der Waals surface area contributed by atoms with Crippen molar-refractivity contribution < 1.29 is 9.90 Å². The number of allylic oxidation sites excluding steroid dienone is 2. The quantitative estimate of drug-likeness (QED) is 0.705. The predicted octanol–water partition coefficient (Wildman–Crippen LogP) is 2.55. The van der Waals surface area contributed by atoms with E-state index in [2.05, 4.69) is 6.58 Å². The van der Waals surface area contributed by atoms with Crippen molar-refractivity contribution in [1.82, 2.24) is 0 Å². The van der Waals surface area contributed by atoms with E-state index in [1.54, 1.807) is 19.9 Å². The summed E-state index contributed by atoms with van der Waals surface area (Å²) in [5.41, 5.74) is 1.79. The second kappa shape index (κ2) is 3.78. The van der Waals surface area contributed by atoms with Crippen molar-refractivity contribution >= 4 is 5.78 Å². The average molecular weight is 206 g/mol. The van der Waals surface area contributed by atoms with E-state index in [-0.39, 0.29) is 5.78 Å². The van der Waals surface area contributed by atoms with Crippen LogP contribution >= 0.6 is 0 Å². The van der Waals surface area contributed by atoms with Crippen molar-refractivity contribution in [1.29, 1.82) is 0 Å². The highest BCUT2D eigenvalue weighted by molar-refractivity contribution is 6.10. The molecule has 0 aromatic carbocycles. The summed E-state index contributed by atoms with van der Waals surface area (Å²) in [6.45, 7) is 10.8. The molecule has 0 aromatic heterocycles. The molecule has 0 atom stereocenters. The van der Waals surface area contributed by atoms with E-state index >= 15 is 0 Å². The Balaban J connectivity index is 3.39. The van der Waals surface area contributed by atoms with Gasteiger partial charge in [0.25, 0.3) is 0 Å². The van der Waals surface area contributed by atoms with E-state index in [4.69, 9.17) is 0 Å². The lowest BCUT2D eigenvalue weighted by Crippen LogP contribution is -2.37.